The van der Waals surface area contributed by atoms with Gasteiger partial charge in [0.15, 0.2) is 0 Å². The summed E-state index contributed by atoms with van der Waals surface area (Å²) in [7, 11) is 0. The van der Waals surface area contributed by atoms with Crippen molar-refractivity contribution >= 4 is 35.4 Å². The molecule has 1 aliphatic heterocycles. The summed E-state index contributed by atoms with van der Waals surface area (Å²) in [6.07, 6.45) is -0.717. The zero-order valence-corrected chi connectivity index (χ0v) is 18.4. The van der Waals surface area contributed by atoms with E-state index in [2.05, 4.69) is 0 Å². The standard InChI is InChI=1S/C22H24FN3O4S/c1-22(2,3)30-21(29)25-12-19(27)26(20(28)13-25)17-10-14(11-24)4-9-18(17)31-16-7-5-15(23)6-8-16/h4-10H,11-13,24H2,1-3H3. The van der Waals surface area contributed by atoms with Crippen LogP contribution < -0.4 is 10.6 Å². The van der Waals surface area contributed by atoms with Gasteiger partial charge in [-0.3, -0.25) is 14.5 Å². The number of carbonyl (C=O) groups excluding carboxylic acids is 3. The number of amides is 3. The molecular formula is C22H24FN3O4S. The number of halogens is 1. The van der Waals surface area contributed by atoms with Gasteiger partial charge in [-0.15, -0.1) is 0 Å². The van der Waals surface area contributed by atoms with E-state index in [0.29, 0.717) is 10.6 Å². The van der Waals surface area contributed by atoms with E-state index < -0.39 is 23.5 Å². The molecule has 1 fully saturated rings. The predicted octanol–water partition coefficient (Wildman–Crippen LogP) is 3.55. The second-order valence-electron chi connectivity index (χ2n) is 8.02. The Morgan fingerprint density at radius 1 is 1.10 bits per heavy atom. The highest BCUT2D eigenvalue weighted by molar-refractivity contribution is 7.99. The number of piperazine rings is 1. The first-order chi connectivity index (χ1) is 14.6. The number of ether oxygens (including phenoxy) is 1. The minimum atomic E-state index is -0.741. The number of hydrogen-bond acceptors (Lipinski definition) is 6. The van der Waals surface area contributed by atoms with Crippen molar-refractivity contribution in [3.8, 4) is 0 Å². The third-order valence-corrected chi connectivity index (χ3v) is 5.42. The zero-order valence-electron chi connectivity index (χ0n) is 17.6. The first-order valence-corrected chi connectivity index (χ1v) is 10.5. The molecule has 2 N–H and O–H groups in total. The molecule has 2 aromatic rings. The van der Waals surface area contributed by atoms with Crippen molar-refractivity contribution in [3.63, 3.8) is 0 Å². The first kappa shape index (κ1) is 22.8. The van der Waals surface area contributed by atoms with Crippen molar-refractivity contribution < 1.29 is 23.5 Å². The van der Waals surface area contributed by atoms with E-state index in [0.717, 1.165) is 20.3 Å². The molecule has 0 unspecified atom stereocenters. The number of nitrogens with two attached hydrogens (primary N) is 1. The monoisotopic (exact) mass is 445 g/mol. The van der Waals surface area contributed by atoms with E-state index in [1.54, 1.807) is 51.1 Å². The topological polar surface area (TPSA) is 92.9 Å². The number of benzene rings is 2. The van der Waals surface area contributed by atoms with E-state index in [1.807, 2.05) is 0 Å². The number of hydrogen-bond donors (Lipinski definition) is 1. The van der Waals surface area contributed by atoms with Crippen LogP contribution in [0, 0.1) is 5.82 Å². The smallest absolute Gasteiger partial charge is 0.411 e. The summed E-state index contributed by atoms with van der Waals surface area (Å²) in [6, 6.07) is 11.2. The van der Waals surface area contributed by atoms with E-state index in [-0.39, 0.29) is 25.5 Å². The van der Waals surface area contributed by atoms with Crippen molar-refractivity contribution in [2.45, 2.75) is 42.7 Å². The van der Waals surface area contributed by atoms with Gasteiger partial charge in [0, 0.05) is 16.3 Å². The van der Waals surface area contributed by atoms with Crippen LogP contribution >= 0.6 is 11.8 Å². The maximum absolute atomic E-state index is 13.2. The fourth-order valence-electron chi connectivity index (χ4n) is 2.97. The predicted molar refractivity (Wildman–Crippen MR) is 115 cm³/mol. The molecule has 1 aliphatic rings. The Balaban J connectivity index is 1.89. The summed E-state index contributed by atoms with van der Waals surface area (Å²) >= 11 is 1.30. The average molecular weight is 446 g/mol. The Morgan fingerprint density at radius 2 is 1.71 bits per heavy atom. The molecule has 1 heterocycles. The van der Waals surface area contributed by atoms with E-state index >= 15 is 0 Å². The van der Waals surface area contributed by atoms with Gasteiger partial charge >= 0.3 is 6.09 Å². The highest BCUT2D eigenvalue weighted by atomic mass is 32.2. The minimum absolute atomic E-state index is 0.231. The summed E-state index contributed by atoms with van der Waals surface area (Å²) in [4.78, 5) is 41.7. The SMILES string of the molecule is CC(C)(C)OC(=O)N1CC(=O)N(c2cc(CN)ccc2Sc2ccc(F)cc2)C(=O)C1. The van der Waals surface area contributed by atoms with Gasteiger partial charge in [-0.25, -0.2) is 14.1 Å². The molecule has 7 nitrogen and oxygen atoms in total. The Hall–Kier alpha value is -2.91. The molecule has 9 heteroatoms. The van der Waals surface area contributed by atoms with Crippen LogP contribution in [0.5, 0.6) is 0 Å². The highest BCUT2D eigenvalue weighted by Crippen LogP contribution is 2.37. The lowest BCUT2D eigenvalue weighted by atomic mass is 10.1. The van der Waals surface area contributed by atoms with E-state index in [1.165, 1.54) is 23.9 Å². The molecule has 0 bridgehead atoms. The Morgan fingerprint density at radius 3 is 2.26 bits per heavy atom. The maximum Gasteiger partial charge on any atom is 0.411 e. The minimum Gasteiger partial charge on any atom is -0.444 e. The van der Waals surface area contributed by atoms with Crippen LogP contribution in [0.4, 0.5) is 14.9 Å². The Bertz CT molecular complexity index is 987. The van der Waals surface area contributed by atoms with Crippen molar-refractivity contribution in [1.29, 1.82) is 0 Å². The molecule has 1 saturated heterocycles. The fourth-order valence-corrected chi connectivity index (χ4v) is 3.88. The molecule has 0 saturated carbocycles. The number of rotatable bonds is 4. The molecular weight excluding hydrogens is 421 g/mol. The van der Waals surface area contributed by atoms with Gasteiger partial charge in [0.1, 0.15) is 24.5 Å². The third kappa shape index (κ3) is 5.62. The molecule has 0 atom stereocenters. The summed E-state index contributed by atoms with van der Waals surface area (Å²) in [6.45, 7) is 4.79. The normalized spacial score (nSPS) is 14.7. The van der Waals surface area contributed by atoms with Gasteiger partial charge in [-0.2, -0.15) is 0 Å². The summed E-state index contributed by atoms with van der Waals surface area (Å²) in [5, 5.41) is 0. The van der Waals surface area contributed by atoms with Crippen LogP contribution in [0.3, 0.4) is 0 Å². The third-order valence-electron chi connectivity index (χ3n) is 4.34. The zero-order chi connectivity index (χ0) is 22.8. The number of anilines is 1. The summed E-state index contributed by atoms with van der Waals surface area (Å²) in [5.41, 5.74) is 6.14. The number of carbonyl (C=O) groups is 3. The molecule has 3 rings (SSSR count). The van der Waals surface area contributed by atoms with Crippen LogP contribution in [-0.2, 0) is 20.9 Å². The van der Waals surface area contributed by atoms with Crippen molar-refractivity contribution in [3.05, 3.63) is 53.8 Å². The molecule has 2 aromatic carbocycles. The van der Waals surface area contributed by atoms with E-state index in [4.69, 9.17) is 10.5 Å². The summed E-state index contributed by atoms with van der Waals surface area (Å²) < 4.78 is 18.5. The van der Waals surface area contributed by atoms with Gasteiger partial charge in [-0.1, -0.05) is 17.8 Å². The average Bonchev–Trinajstić information content (AvgIpc) is 2.69. The van der Waals surface area contributed by atoms with Crippen LogP contribution in [0.25, 0.3) is 0 Å². The van der Waals surface area contributed by atoms with Crippen LogP contribution in [-0.4, -0.2) is 41.5 Å². The second kappa shape index (κ2) is 9.07. The number of imide groups is 1. The van der Waals surface area contributed by atoms with Gasteiger partial charge in [-0.05, 0) is 62.7 Å². The van der Waals surface area contributed by atoms with Crippen molar-refractivity contribution in [2.75, 3.05) is 18.0 Å². The molecule has 0 spiro atoms. The second-order valence-corrected chi connectivity index (χ2v) is 9.14. The maximum atomic E-state index is 13.2. The lowest BCUT2D eigenvalue weighted by molar-refractivity contribution is -0.131. The lowest BCUT2D eigenvalue weighted by Gasteiger charge is -2.34. The van der Waals surface area contributed by atoms with E-state index in [9.17, 15) is 18.8 Å². The van der Waals surface area contributed by atoms with Gasteiger partial charge in [0.05, 0.1) is 5.69 Å². The van der Waals surface area contributed by atoms with Crippen LogP contribution in [0.15, 0.2) is 52.3 Å². The first-order valence-electron chi connectivity index (χ1n) is 9.67. The molecule has 31 heavy (non-hydrogen) atoms. The number of nitrogens with zero attached hydrogens (tertiary/aromatic N) is 2. The fraction of sp³-hybridized carbons (Fsp3) is 0.318. The van der Waals surface area contributed by atoms with Gasteiger partial charge < -0.3 is 10.5 Å². The molecule has 0 aliphatic carbocycles. The quantitative estimate of drug-likeness (QED) is 0.724. The van der Waals surface area contributed by atoms with Crippen molar-refractivity contribution in [1.82, 2.24) is 4.90 Å². The Labute approximate surface area is 184 Å². The molecule has 3 amide bonds. The van der Waals surface area contributed by atoms with Crippen LogP contribution in [0.2, 0.25) is 0 Å². The molecule has 0 radical (unpaired) electrons. The van der Waals surface area contributed by atoms with Crippen LogP contribution in [0.1, 0.15) is 26.3 Å². The lowest BCUT2D eigenvalue weighted by Crippen LogP contribution is -2.56. The largest absolute Gasteiger partial charge is 0.444 e. The Kier molecular flexibility index (Phi) is 6.66. The van der Waals surface area contributed by atoms with Gasteiger partial charge in [0.2, 0.25) is 0 Å². The van der Waals surface area contributed by atoms with Crippen molar-refractivity contribution in [2.24, 2.45) is 5.73 Å². The highest BCUT2D eigenvalue weighted by Gasteiger charge is 2.37. The molecule has 164 valence electrons. The van der Waals surface area contributed by atoms with Gasteiger partial charge in [0.25, 0.3) is 11.8 Å². The molecule has 0 aromatic heterocycles. The summed E-state index contributed by atoms with van der Waals surface area (Å²) in [5.74, 6) is -1.44.